The van der Waals surface area contributed by atoms with Gasteiger partial charge in [-0.1, -0.05) is 29.8 Å². The maximum absolute atomic E-state index is 13.6. The standard InChI is InChI=1S/C22H17F3N6O4S/c1-11-2-4-12(5-3-11)14-8-15(22(23,24)25)28-21-17(14)18(19(36-21)20(26)33)29-16(32)6-7-30-10-13(9-27-30)31(34)35/h2-5,8-10H,6-7H2,1H3,(H2,26,33)(H,29,32). The van der Waals surface area contributed by atoms with Crippen molar-refractivity contribution in [2.45, 2.75) is 26.1 Å². The van der Waals surface area contributed by atoms with Crippen molar-refractivity contribution in [3.05, 3.63) is 69.0 Å². The highest BCUT2D eigenvalue weighted by Crippen LogP contribution is 2.43. The Bertz CT molecular complexity index is 1490. The lowest BCUT2D eigenvalue weighted by Crippen LogP contribution is -2.18. The van der Waals surface area contributed by atoms with E-state index in [1.54, 1.807) is 24.3 Å². The van der Waals surface area contributed by atoms with Crippen molar-refractivity contribution >= 4 is 44.7 Å². The Morgan fingerprint density at radius 3 is 2.53 bits per heavy atom. The van der Waals surface area contributed by atoms with E-state index in [0.29, 0.717) is 16.9 Å². The molecule has 0 fully saturated rings. The summed E-state index contributed by atoms with van der Waals surface area (Å²) in [7, 11) is 0. The van der Waals surface area contributed by atoms with Crippen LogP contribution in [-0.2, 0) is 17.5 Å². The van der Waals surface area contributed by atoms with E-state index in [-0.39, 0.29) is 45.0 Å². The molecule has 36 heavy (non-hydrogen) atoms. The van der Waals surface area contributed by atoms with E-state index in [1.807, 2.05) is 6.92 Å². The third kappa shape index (κ3) is 5.02. The number of nitrogens with two attached hydrogens (primary N) is 1. The molecule has 0 spiro atoms. The Hall–Kier alpha value is -4.33. The minimum absolute atomic E-state index is 0.0189. The van der Waals surface area contributed by atoms with Gasteiger partial charge in [0.2, 0.25) is 5.91 Å². The van der Waals surface area contributed by atoms with Crippen LogP contribution in [0.2, 0.25) is 0 Å². The lowest BCUT2D eigenvalue weighted by atomic mass is 10.00. The fraction of sp³-hybridized carbons (Fsp3) is 0.182. The van der Waals surface area contributed by atoms with E-state index in [1.165, 1.54) is 4.68 Å². The summed E-state index contributed by atoms with van der Waals surface area (Å²) in [5, 5.41) is 17.3. The number of hydrogen-bond acceptors (Lipinski definition) is 7. The minimum atomic E-state index is -4.75. The van der Waals surface area contributed by atoms with Crippen LogP contribution in [0.25, 0.3) is 21.3 Å². The second-order valence-corrected chi connectivity index (χ2v) is 8.79. The van der Waals surface area contributed by atoms with Gasteiger partial charge in [0.05, 0.1) is 10.6 Å². The van der Waals surface area contributed by atoms with E-state index in [2.05, 4.69) is 15.4 Å². The van der Waals surface area contributed by atoms with Crippen LogP contribution in [0.3, 0.4) is 0 Å². The van der Waals surface area contributed by atoms with Crippen molar-refractivity contribution in [1.29, 1.82) is 0 Å². The van der Waals surface area contributed by atoms with Gasteiger partial charge < -0.3 is 11.1 Å². The molecular formula is C22H17F3N6O4S. The molecule has 0 radical (unpaired) electrons. The van der Waals surface area contributed by atoms with Crippen molar-refractivity contribution in [1.82, 2.24) is 14.8 Å². The number of alkyl halides is 3. The first-order valence-corrected chi connectivity index (χ1v) is 11.1. The zero-order valence-corrected chi connectivity index (χ0v) is 19.3. The molecule has 0 bridgehead atoms. The Balaban J connectivity index is 1.77. The number of nitrogens with one attached hydrogen (secondary N) is 1. The number of primary amides is 1. The van der Waals surface area contributed by atoms with Crippen LogP contribution in [0.1, 0.15) is 27.3 Å². The molecule has 0 unspecified atom stereocenters. The number of carbonyl (C=O) groups is 2. The first-order chi connectivity index (χ1) is 16.9. The van der Waals surface area contributed by atoms with Gasteiger partial charge in [-0.05, 0) is 24.1 Å². The van der Waals surface area contributed by atoms with Gasteiger partial charge in [0.25, 0.3) is 5.91 Å². The van der Waals surface area contributed by atoms with Gasteiger partial charge in [-0.2, -0.15) is 18.3 Å². The average molecular weight is 518 g/mol. The number of aromatic nitrogens is 3. The third-order valence-corrected chi connectivity index (χ3v) is 6.30. The molecule has 14 heteroatoms. The molecule has 3 heterocycles. The fourth-order valence-electron chi connectivity index (χ4n) is 3.48. The number of nitrogens with zero attached hydrogens (tertiary/aromatic N) is 4. The molecule has 0 aliphatic rings. The van der Waals surface area contributed by atoms with Crippen molar-refractivity contribution < 1.29 is 27.7 Å². The molecule has 0 saturated heterocycles. The maximum atomic E-state index is 13.6. The SMILES string of the molecule is Cc1ccc(-c2cc(C(F)(F)F)nc3sc(C(N)=O)c(NC(=O)CCn4cc([N+](=O)[O-])cn4)c23)cc1. The van der Waals surface area contributed by atoms with Crippen LogP contribution >= 0.6 is 11.3 Å². The summed E-state index contributed by atoms with van der Waals surface area (Å²) in [5.74, 6) is -1.55. The predicted octanol–water partition coefficient (Wildman–Crippen LogP) is 4.52. The lowest BCUT2D eigenvalue weighted by molar-refractivity contribution is -0.385. The number of anilines is 1. The van der Waals surface area contributed by atoms with Crippen LogP contribution in [0.4, 0.5) is 24.5 Å². The summed E-state index contributed by atoms with van der Waals surface area (Å²) in [5.41, 5.74) is 5.46. The topological polar surface area (TPSA) is 146 Å². The van der Waals surface area contributed by atoms with Gasteiger partial charge in [-0.25, -0.2) is 4.98 Å². The monoisotopic (exact) mass is 518 g/mol. The van der Waals surface area contributed by atoms with Crippen molar-refractivity contribution in [2.24, 2.45) is 5.73 Å². The first kappa shape index (κ1) is 24.8. The number of nitro groups is 1. The number of benzene rings is 1. The average Bonchev–Trinajstić information content (AvgIpc) is 3.42. The van der Waals surface area contributed by atoms with Crippen LogP contribution in [0.15, 0.2) is 42.7 Å². The van der Waals surface area contributed by atoms with Gasteiger partial charge in [0.15, 0.2) is 0 Å². The molecular weight excluding hydrogens is 501 g/mol. The van der Waals surface area contributed by atoms with Crippen molar-refractivity contribution in [3.8, 4) is 11.1 Å². The van der Waals surface area contributed by atoms with E-state index in [4.69, 9.17) is 5.73 Å². The first-order valence-electron chi connectivity index (χ1n) is 10.3. The Morgan fingerprint density at radius 1 is 1.25 bits per heavy atom. The Morgan fingerprint density at radius 2 is 1.94 bits per heavy atom. The molecule has 3 aromatic heterocycles. The van der Waals surface area contributed by atoms with Crippen LogP contribution in [-0.4, -0.2) is 31.5 Å². The zero-order chi connectivity index (χ0) is 26.2. The molecule has 3 N–H and O–H groups in total. The molecule has 2 amide bonds. The Kier molecular flexibility index (Phi) is 6.45. The molecule has 1 aromatic carbocycles. The molecule has 10 nitrogen and oxygen atoms in total. The quantitative estimate of drug-likeness (QED) is 0.272. The highest BCUT2D eigenvalue weighted by Gasteiger charge is 2.35. The minimum Gasteiger partial charge on any atom is -0.365 e. The number of aryl methyl sites for hydroxylation is 2. The Labute approximate surface area is 204 Å². The van der Waals surface area contributed by atoms with Gasteiger partial charge >= 0.3 is 11.9 Å². The normalized spacial score (nSPS) is 11.6. The third-order valence-electron chi connectivity index (χ3n) is 5.20. The highest BCUT2D eigenvalue weighted by molar-refractivity contribution is 7.21. The predicted molar refractivity (Wildman–Crippen MR) is 125 cm³/mol. The number of amides is 2. The summed E-state index contributed by atoms with van der Waals surface area (Å²) in [4.78, 5) is 38.5. The van der Waals surface area contributed by atoms with Crippen molar-refractivity contribution in [3.63, 3.8) is 0 Å². The number of hydrogen-bond donors (Lipinski definition) is 2. The number of halogens is 3. The van der Waals surface area contributed by atoms with E-state index >= 15 is 0 Å². The van der Waals surface area contributed by atoms with E-state index in [9.17, 15) is 32.9 Å². The molecule has 0 aliphatic heterocycles. The smallest absolute Gasteiger partial charge is 0.365 e. The fourth-order valence-corrected chi connectivity index (χ4v) is 4.49. The number of thiophene rings is 1. The number of fused-ring (bicyclic) bond motifs is 1. The second kappa shape index (κ2) is 9.37. The van der Waals surface area contributed by atoms with Crippen LogP contribution in [0, 0.1) is 17.0 Å². The second-order valence-electron chi connectivity index (χ2n) is 7.79. The molecule has 0 aliphatic carbocycles. The molecule has 186 valence electrons. The largest absolute Gasteiger partial charge is 0.433 e. The van der Waals surface area contributed by atoms with E-state index in [0.717, 1.165) is 24.0 Å². The summed E-state index contributed by atoms with van der Waals surface area (Å²) < 4.78 is 42.0. The van der Waals surface area contributed by atoms with Crippen LogP contribution < -0.4 is 11.1 Å². The zero-order valence-electron chi connectivity index (χ0n) is 18.5. The summed E-state index contributed by atoms with van der Waals surface area (Å²) in [6.45, 7) is 1.80. The number of rotatable bonds is 7. The summed E-state index contributed by atoms with van der Waals surface area (Å²) >= 11 is 0.644. The highest BCUT2D eigenvalue weighted by atomic mass is 32.1. The van der Waals surface area contributed by atoms with Crippen molar-refractivity contribution in [2.75, 3.05) is 5.32 Å². The number of carbonyl (C=O) groups excluding carboxylic acids is 2. The molecule has 4 rings (SSSR count). The number of pyridine rings is 1. The van der Waals surface area contributed by atoms with Gasteiger partial charge in [0, 0.05) is 18.4 Å². The van der Waals surface area contributed by atoms with Gasteiger partial charge in [-0.15, -0.1) is 11.3 Å². The van der Waals surface area contributed by atoms with E-state index < -0.39 is 28.6 Å². The van der Waals surface area contributed by atoms with Crippen LogP contribution in [0.5, 0.6) is 0 Å². The van der Waals surface area contributed by atoms with Gasteiger partial charge in [0.1, 0.15) is 27.8 Å². The lowest BCUT2D eigenvalue weighted by Gasteiger charge is -2.12. The summed E-state index contributed by atoms with van der Waals surface area (Å²) in [6.07, 6.45) is -2.75. The molecule has 0 saturated carbocycles. The summed E-state index contributed by atoms with van der Waals surface area (Å²) in [6, 6.07) is 7.56. The maximum Gasteiger partial charge on any atom is 0.433 e. The molecule has 4 aromatic rings. The van der Waals surface area contributed by atoms with Gasteiger partial charge in [-0.3, -0.25) is 24.4 Å². The molecule has 0 atom stereocenters.